The summed E-state index contributed by atoms with van der Waals surface area (Å²) in [5.41, 5.74) is 3.96. The van der Waals surface area contributed by atoms with Gasteiger partial charge in [-0.1, -0.05) is 30.3 Å². The molecular weight excluding hydrogens is 518 g/mol. The molecule has 4 aromatic rings. The van der Waals surface area contributed by atoms with Crippen LogP contribution in [0, 0.1) is 0 Å². The quantitative estimate of drug-likeness (QED) is 0.119. The van der Waals surface area contributed by atoms with Crippen molar-refractivity contribution in [2.45, 2.75) is 31.8 Å². The first kappa shape index (κ1) is 28.0. The molecule has 0 aliphatic rings. The standard InChI is InChI=1S/C28H29N5O7/c1-39-26(36)16-29-28(37)19-9-10-23-21(15-19)31-27(33(23)17-20-8-5-13-40-20)22(14-18-6-3-2-4-7-18)30-24(34)11-12-25(35)32-38/h2-10,13,15,22,38H,11-12,14,16-17H2,1H3,(H,29,37)(H,30,34)(H,32,35). The normalized spacial score (nSPS) is 11.6. The predicted molar refractivity (Wildman–Crippen MR) is 142 cm³/mol. The van der Waals surface area contributed by atoms with E-state index in [1.54, 1.807) is 30.5 Å². The maximum atomic E-state index is 12.9. The van der Waals surface area contributed by atoms with E-state index in [1.165, 1.54) is 12.6 Å². The Balaban J connectivity index is 1.72. The van der Waals surface area contributed by atoms with E-state index in [0.717, 1.165) is 5.56 Å². The van der Waals surface area contributed by atoms with E-state index in [2.05, 4.69) is 15.4 Å². The van der Waals surface area contributed by atoms with Crippen molar-refractivity contribution in [1.82, 2.24) is 25.7 Å². The number of carbonyl (C=O) groups is 4. The number of ether oxygens (including phenoxy) is 1. The molecule has 40 heavy (non-hydrogen) atoms. The van der Waals surface area contributed by atoms with Gasteiger partial charge in [0, 0.05) is 18.4 Å². The van der Waals surface area contributed by atoms with Crippen molar-refractivity contribution in [2.24, 2.45) is 0 Å². The van der Waals surface area contributed by atoms with E-state index in [9.17, 15) is 19.2 Å². The lowest BCUT2D eigenvalue weighted by Gasteiger charge is -2.20. The smallest absolute Gasteiger partial charge is 0.325 e. The van der Waals surface area contributed by atoms with E-state index >= 15 is 0 Å². The average Bonchev–Trinajstić information content (AvgIpc) is 3.62. The Morgan fingerprint density at radius 3 is 2.50 bits per heavy atom. The van der Waals surface area contributed by atoms with Crippen molar-refractivity contribution in [3.63, 3.8) is 0 Å². The van der Waals surface area contributed by atoms with E-state index in [4.69, 9.17) is 14.6 Å². The van der Waals surface area contributed by atoms with Crippen LogP contribution < -0.4 is 16.1 Å². The maximum Gasteiger partial charge on any atom is 0.325 e. The Bertz CT molecular complexity index is 1480. The third kappa shape index (κ3) is 7.11. The third-order valence-corrected chi connectivity index (χ3v) is 6.19. The van der Waals surface area contributed by atoms with Crippen LogP contribution in [-0.4, -0.2) is 52.1 Å². The Labute approximate surface area is 229 Å². The fourth-order valence-electron chi connectivity index (χ4n) is 4.21. The van der Waals surface area contributed by atoms with Gasteiger partial charge in [0.2, 0.25) is 11.8 Å². The second-order valence-electron chi connectivity index (χ2n) is 8.94. The van der Waals surface area contributed by atoms with Gasteiger partial charge in [-0.25, -0.2) is 10.5 Å². The second-order valence-corrected chi connectivity index (χ2v) is 8.94. The number of hydrogen-bond acceptors (Lipinski definition) is 8. The molecule has 208 valence electrons. The molecule has 2 heterocycles. The molecule has 0 aliphatic carbocycles. The predicted octanol–water partition coefficient (Wildman–Crippen LogP) is 2.27. The lowest BCUT2D eigenvalue weighted by atomic mass is 10.0. The first-order valence-electron chi connectivity index (χ1n) is 12.5. The molecule has 12 heteroatoms. The van der Waals surface area contributed by atoms with Gasteiger partial charge in [0.15, 0.2) is 0 Å². The van der Waals surface area contributed by atoms with Crippen molar-refractivity contribution in [3.05, 3.63) is 89.6 Å². The molecule has 12 nitrogen and oxygen atoms in total. The van der Waals surface area contributed by atoms with E-state index in [-0.39, 0.29) is 19.4 Å². The Hall–Kier alpha value is -4.97. The van der Waals surface area contributed by atoms with Crippen LogP contribution in [0.25, 0.3) is 11.0 Å². The zero-order chi connectivity index (χ0) is 28.5. The first-order chi connectivity index (χ1) is 19.4. The lowest BCUT2D eigenvalue weighted by molar-refractivity contribution is -0.139. The molecule has 2 aromatic heterocycles. The second kappa shape index (κ2) is 13.2. The van der Waals surface area contributed by atoms with Gasteiger partial charge in [0.05, 0.1) is 37.0 Å². The number of methoxy groups -OCH3 is 1. The first-order valence-corrected chi connectivity index (χ1v) is 12.5. The zero-order valence-corrected chi connectivity index (χ0v) is 21.8. The number of fused-ring (bicyclic) bond motifs is 1. The molecule has 0 fully saturated rings. The number of hydrogen-bond donors (Lipinski definition) is 4. The van der Waals surface area contributed by atoms with Crippen molar-refractivity contribution in [3.8, 4) is 0 Å². The van der Waals surface area contributed by atoms with Crippen molar-refractivity contribution in [2.75, 3.05) is 13.7 Å². The summed E-state index contributed by atoms with van der Waals surface area (Å²) in [6, 6.07) is 17.5. The summed E-state index contributed by atoms with van der Waals surface area (Å²) < 4.78 is 12.1. The zero-order valence-electron chi connectivity index (χ0n) is 21.8. The van der Waals surface area contributed by atoms with Crippen LogP contribution in [-0.2, 0) is 32.1 Å². The van der Waals surface area contributed by atoms with Gasteiger partial charge >= 0.3 is 5.97 Å². The number of amides is 3. The molecule has 0 aliphatic heterocycles. The van der Waals surface area contributed by atoms with Crippen LogP contribution >= 0.6 is 0 Å². The number of benzene rings is 2. The van der Waals surface area contributed by atoms with Crippen LogP contribution in [0.15, 0.2) is 71.3 Å². The lowest BCUT2D eigenvalue weighted by Crippen LogP contribution is -2.33. The van der Waals surface area contributed by atoms with Gasteiger partial charge in [-0.05, 0) is 42.3 Å². The summed E-state index contributed by atoms with van der Waals surface area (Å²) >= 11 is 0. The van der Waals surface area contributed by atoms with Gasteiger partial charge in [-0.2, -0.15) is 0 Å². The summed E-state index contributed by atoms with van der Waals surface area (Å²) in [5.74, 6) is -0.935. The van der Waals surface area contributed by atoms with Gasteiger partial charge in [-0.15, -0.1) is 0 Å². The molecule has 0 saturated heterocycles. The third-order valence-electron chi connectivity index (χ3n) is 6.19. The summed E-state index contributed by atoms with van der Waals surface area (Å²) in [6.07, 6.45) is 1.63. The number of nitrogens with zero attached hydrogens (tertiary/aromatic N) is 2. The number of furan rings is 1. The highest BCUT2D eigenvalue weighted by Gasteiger charge is 2.24. The summed E-state index contributed by atoms with van der Waals surface area (Å²) in [5, 5.41) is 14.3. The van der Waals surface area contributed by atoms with Crippen LogP contribution in [0.3, 0.4) is 0 Å². The van der Waals surface area contributed by atoms with Crippen molar-refractivity contribution in [1.29, 1.82) is 0 Å². The summed E-state index contributed by atoms with van der Waals surface area (Å²) in [6.45, 7) is 0.0336. The number of hydroxylamine groups is 1. The van der Waals surface area contributed by atoms with Crippen LogP contribution in [0.2, 0.25) is 0 Å². The number of rotatable bonds is 12. The Kier molecular flexibility index (Phi) is 9.26. The summed E-state index contributed by atoms with van der Waals surface area (Å²) in [7, 11) is 1.24. The highest BCUT2D eigenvalue weighted by molar-refractivity contribution is 5.98. The minimum atomic E-state index is -0.669. The van der Waals surface area contributed by atoms with Crippen molar-refractivity contribution < 1.29 is 33.5 Å². The highest BCUT2D eigenvalue weighted by atomic mass is 16.5. The van der Waals surface area contributed by atoms with Gasteiger partial charge < -0.3 is 24.4 Å². The fourth-order valence-corrected chi connectivity index (χ4v) is 4.21. The molecule has 4 N–H and O–H groups in total. The Morgan fingerprint density at radius 1 is 1.02 bits per heavy atom. The number of esters is 1. The molecule has 4 rings (SSSR count). The number of carbonyl (C=O) groups excluding carboxylic acids is 4. The van der Waals surface area contributed by atoms with Gasteiger partial charge in [-0.3, -0.25) is 24.4 Å². The van der Waals surface area contributed by atoms with Crippen molar-refractivity contribution >= 4 is 34.7 Å². The van der Waals surface area contributed by atoms with Crippen LogP contribution in [0.1, 0.15) is 46.4 Å². The largest absolute Gasteiger partial charge is 0.468 e. The van der Waals surface area contributed by atoms with Crippen LogP contribution in [0.4, 0.5) is 0 Å². The fraction of sp³-hybridized carbons (Fsp3) is 0.250. The number of nitrogens with one attached hydrogen (secondary N) is 3. The molecule has 0 saturated carbocycles. The average molecular weight is 548 g/mol. The molecule has 1 unspecified atom stereocenters. The topological polar surface area (TPSA) is 165 Å². The van der Waals surface area contributed by atoms with E-state index < -0.39 is 29.7 Å². The minimum Gasteiger partial charge on any atom is -0.468 e. The monoisotopic (exact) mass is 547 g/mol. The molecule has 2 aromatic carbocycles. The SMILES string of the molecule is COC(=O)CNC(=O)c1ccc2c(c1)nc(C(Cc1ccccc1)NC(=O)CCC(=O)NO)n2Cc1ccco1. The molecule has 1 atom stereocenters. The minimum absolute atomic E-state index is 0.138. The number of imidazole rings is 1. The summed E-state index contributed by atoms with van der Waals surface area (Å²) in [4.78, 5) is 53.3. The molecular formula is C28H29N5O7. The van der Waals surface area contributed by atoms with E-state index in [1.807, 2.05) is 41.0 Å². The maximum absolute atomic E-state index is 12.9. The van der Waals surface area contributed by atoms with Gasteiger partial charge in [0.1, 0.15) is 18.1 Å². The molecule has 0 spiro atoms. The van der Waals surface area contributed by atoms with Crippen LogP contribution in [0.5, 0.6) is 0 Å². The van der Waals surface area contributed by atoms with E-state index in [0.29, 0.717) is 41.1 Å². The molecule has 0 bridgehead atoms. The Morgan fingerprint density at radius 2 is 1.80 bits per heavy atom. The molecule has 0 radical (unpaired) electrons. The highest BCUT2D eigenvalue weighted by Crippen LogP contribution is 2.26. The molecule has 3 amide bonds. The van der Waals surface area contributed by atoms with Gasteiger partial charge in [0.25, 0.3) is 5.91 Å². The number of aromatic nitrogens is 2.